The Morgan fingerprint density at radius 2 is 0.875 bits per heavy atom. The molecule has 0 saturated heterocycles. The molecule has 2 aromatic heterocycles. The Bertz CT molecular complexity index is 2780. The van der Waals surface area contributed by atoms with Crippen LogP contribution in [0.25, 0.3) is 22.3 Å². The Hall–Kier alpha value is -5.76. The van der Waals surface area contributed by atoms with Crippen molar-refractivity contribution in [3.05, 3.63) is 163 Å². The van der Waals surface area contributed by atoms with Crippen molar-refractivity contribution in [3.63, 3.8) is 0 Å². The standard InChI is InChI=1S/C60H72Cl4N10O6/c1-73-37-51(49-33-47(61)35-55(63)53(49)39-73)45-9-5-7-41(29-45)43-11-15-65-57(31-43)67-17-21-77-25-27-79-23-19-71-59(75)69-13-3-4-14-70-60(76)72-20-24-80-28-26-78-22-18-68-58-32-44(12-16-66-58)42-8-6-10-46(30-42)52-38-74(2)40-54-50(52)34-48(62)36-56(54)64/h5-12,15-16,29-36,51-52H,3-4,13-14,17-28,37-40H2,1-2H3,(H,65,67)(H,66,68)(H2,69,71,75)(H2,70,72,76)/t51-,52-/m0/s1. The molecule has 0 saturated carbocycles. The van der Waals surface area contributed by atoms with E-state index in [4.69, 9.17) is 65.4 Å². The van der Waals surface area contributed by atoms with Crippen LogP contribution >= 0.6 is 46.4 Å². The summed E-state index contributed by atoms with van der Waals surface area (Å²) >= 11 is 26.1. The number of anilines is 2. The highest BCUT2D eigenvalue weighted by Crippen LogP contribution is 2.41. The number of rotatable bonds is 29. The third-order valence-electron chi connectivity index (χ3n) is 13.8. The van der Waals surface area contributed by atoms with Crippen LogP contribution in [-0.2, 0) is 32.0 Å². The van der Waals surface area contributed by atoms with Crippen molar-refractivity contribution in [2.75, 3.05) is 130 Å². The van der Waals surface area contributed by atoms with Crippen LogP contribution in [0.3, 0.4) is 0 Å². The fourth-order valence-corrected chi connectivity index (χ4v) is 11.1. The molecule has 0 bridgehead atoms. The number of benzene rings is 4. The Labute approximate surface area is 489 Å². The number of aromatic nitrogens is 2. The van der Waals surface area contributed by atoms with Crippen LogP contribution in [0.5, 0.6) is 0 Å². The normalized spacial score (nSPS) is 15.2. The van der Waals surface area contributed by atoms with Crippen molar-refractivity contribution in [2.24, 2.45) is 0 Å². The molecule has 0 fully saturated rings. The maximum absolute atomic E-state index is 12.2. The molecular formula is C60H72Cl4N10O6. The lowest BCUT2D eigenvalue weighted by atomic mass is 9.84. The van der Waals surface area contributed by atoms with Gasteiger partial charge in [-0.2, -0.15) is 0 Å². The zero-order valence-electron chi connectivity index (χ0n) is 45.4. The zero-order valence-corrected chi connectivity index (χ0v) is 48.5. The molecule has 4 amide bonds. The van der Waals surface area contributed by atoms with E-state index in [1.54, 1.807) is 0 Å². The SMILES string of the molecule is CN1Cc2c(Cl)cc(Cl)cc2[C@H](c2cccc(-c3ccnc(NCCOCCOCCNC(=O)NCCCCNC(=O)NCCOCCOCCNc4cc(-c5cccc([C@@H]6CN(C)Cc7c(Cl)cc(Cl)cc76)c5)ccn4)c3)c2)C1. The molecule has 0 radical (unpaired) electrons. The number of hydrogen-bond donors (Lipinski definition) is 6. The van der Waals surface area contributed by atoms with Gasteiger partial charge < -0.3 is 60.6 Å². The Morgan fingerprint density at radius 1 is 0.487 bits per heavy atom. The molecule has 0 spiro atoms. The second-order valence-electron chi connectivity index (χ2n) is 19.9. The number of ether oxygens (including phenoxy) is 4. The average Bonchev–Trinajstić information content (AvgIpc) is 3.54. The van der Waals surface area contributed by atoms with E-state index in [1.165, 1.54) is 22.3 Å². The zero-order chi connectivity index (χ0) is 56.1. The average molecular weight is 1170 g/mol. The van der Waals surface area contributed by atoms with E-state index in [-0.39, 0.29) is 23.9 Å². The molecule has 20 heteroatoms. The number of amides is 4. The molecule has 2 aliphatic rings. The third kappa shape index (κ3) is 18.4. The summed E-state index contributed by atoms with van der Waals surface area (Å²) in [7, 11) is 4.23. The highest BCUT2D eigenvalue weighted by molar-refractivity contribution is 6.35. The van der Waals surface area contributed by atoms with E-state index in [0.29, 0.717) is 125 Å². The fourth-order valence-electron chi connectivity index (χ4n) is 9.94. The lowest BCUT2D eigenvalue weighted by Crippen LogP contribution is -2.39. The summed E-state index contributed by atoms with van der Waals surface area (Å²) in [6.45, 7) is 9.60. The molecule has 0 unspecified atom stereocenters. The van der Waals surface area contributed by atoms with Crippen LogP contribution < -0.4 is 31.9 Å². The van der Waals surface area contributed by atoms with Crippen LogP contribution in [0.15, 0.2) is 109 Å². The second-order valence-corrected chi connectivity index (χ2v) is 21.6. The number of hydrogen-bond acceptors (Lipinski definition) is 12. The van der Waals surface area contributed by atoms with Crippen molar-refractivity contribution in [1.82, 2.24) is 41.0 Å². The molecule has 8 rings (SSSR count). The lowest BCUT2D eigenvalue weighted by Gasteiger charge is -2.33. The molecule has 4 heterocycles. The topological polar surface area (TPSA) is 176 Å². The Balaban J connectivity index is 0.583. The summed E-state index contributed by atoms with van der Waals surface area (Å²) in [5.74, 6) is 1.84. The lowest BCUT2D eigenvalue weighted by molar-refractivity contribution is 0.0533. The molecule has 4 aromatic carbocycles. The molecule has 426 valence electrons. The van der Waals surface area contributed by atoms with Crippen molar-refractivity contribution in [2.45, 2.75) is 37.8 Å². The predicted octanol–water partition coefficient (Wildman–Crippen LogP) is 10.5. The molecular weight excluding hydrogens is 1100 g/mol. The fraction of sp³-hybridized carbons (Fsp3) is 0.400. The van der Waals surface area contributed by atoms with Gasteiger partial charge >= 0.3 is 12.1 Å². The van der Waals surface area contributed by atoms with Crippen LogP contribution in [0.2, 0.25) is 20.1 Å². The van der Waals surface area contributed by atoms with E-state index in [9.17, 15) is 9.59 Å². The number of carbonyl (C=O) groups excluding carboxylic acids is 2. The van der Waals surface area contributed by atoms with E-state index < -0.39 is 0 Å². The van der Waals surface area contributed by atoms with E-state index in [0.717, 1.165) is 71.2 Å². The number of nitrogens with zero attached hydrogens (tertiary/aromatic N) is 4. The van der Waals surface area contributed by atoms with E-state index >= 15 is 0 Å². The van der Waals surface area contributed by atoms with Gasteiger partial charge in [0.2, 0.25) is 0 Å². The Kier molecular flexibility index (Phi) is 23.7. The van der Waals surface area contributed by atoms with Crippen molar-refractivity contribution in [1.29, 1.82) is 0 Å². The van der Waals surface area contributed by atoms with Gasteiger partial charge in [-0.15, -0.1) is 0 Å². The summed E-state index contributed by atoms with van der Waals surface area (Å²) in [5.41, 5.74) is 11.4. The summed E-state index contributed by atoms with van der Waals surface area (Å²) in [4.78, 5) is 38.0. The van der Waals surface area contributed by atoms with Gasteiger partial charge in [-0.25, -0.2) is 19.6 Å². The first kappa shape index (κ1) is 60.3. The number of halogens is 4. The van der Waals surface area contributed by atoms with Gasteiger partial charge in [-0.3, -0.25) is 0 Å². The maximum atomic E-state index is 12.2. The number of carbonyl (C=O) groups is 2. The second kappa shape index (κ2) is 31.5. The molecule has 6 aromatic rings. The molecule has 16 nitrogen and oxygen atoms in total. The Morgan fingerprint density at radius 3 is 1.30 bits per heavy atom. The smallest absolute Gasteiger partial charge is 0.314 e. The van der Waals surface area contributed by atoms with Gasteiger partial charge in [0.05, 0.1) is 52.9 Å². The largest absolute Gasteiger partial charge is 0.377 e. The number of likely N-dealkylation sites (N-methyl/N-ethyl adjacent to an activating group) is 2. The number of pyridine rings is 2. The van der Waals surface area contributed by atoms with E-state index in [1.807, 2.05) is 48.8 Å². The van der Waals surface area contributed by atoms with Crippen molar-refractivity contribution >= 4 is 70.1 Å². The number of unbranched alkanes of at least 4 members (excludes halogenated alkanes) is 1. The molecule has 6 N–H and O–H groups in total. The minimum Gasteiger partial charge on any atom is -0.377 e. The molecule has 2 aliphatic heterocycles. The summed E-state index contributed by atoms with van der Waals surface area (Å²) in [5, 5.41) is 20.7. The summed E-state index contributed by atoms with van der Waals surface area (Å²) in [6.07, 6.45) is 5.04. The first-order valence-electron chi connectivity index (χ1n) is 27.2. The predicted molar refractivity (Wildman–Crippen MR) is 321 cm³/mol. The maximum Gasteiger partial charge on any atom is 0.314 e. The van der Waals surface area contributed by atoms with Crippen molar-refractivity contribution < 1.29 is 28.5 Å². The third-order valence-corrected chi connectivity index (χ3v) is 14.9. The van der Waals surface area contributed by atoms with Crippen molar-refractivity contribution in [3.8, 4) is 22.3 Å². The first-order valence-corrected chi connectivity index (χ1v) is 28.8. The van der Waals surface area contributed by atoms with Crippen LogP contribution in [0.4, 0.5) is 21.2 Å². The van der Waals surface area contributed by atoms with E-state index in [2.05, 4.69) is 126 Å². The van der Waals surface area contributed by atoms with Gasteiger partial charge in [-0.1, -0.05) is 94.9 Å². The highest BCUT2D eigenvalue weighted by atomic mass is 35.5. The molecule has 0 aliphatic carbocycles. The minimum atomic E-state index is -0.265. The van der Waals surface area contributed by atoms with Crippen LogP contribution in [-0.4, -0.2) is 151 Å². The minimum absolute atomic E-state index is 0.154. The van der Waals surface area contributed by atoms with Gasteiger partial charge in [0.15, 0.2) is 0 Å². The highest BCUT2D eigenvalue weighted by Gasteiger charge is 2.29. The number of fused-ring (bicyclic) bond motifs is 2. The monoisotopic (exact) mass is 1170 g/mol. The molecule has 80 heavy (non-hydrogen) atoms. The number of nitrogens with one attached hydrogen (secondary N) is 6. The first-order chi connectivity index (χ1) is 39.0. The molecule has 2 atom stereocenters. The van der Waals surface area contributed by atoms with Gasteiger partial charge in [-0.05, 0) is 131 Å². The number of urea groups is 2. The van der Waals surface area contributed by atoms with Crippen LogP contribution in [0.1, 0.15) is 58.1 Å². The quantitative estimate of drug-likeness (QED) is 0.0246. The van der Waals surface area contributed by atoms with Crippen LogP contribution in [0, 0.1) is 0 Å². The van der Waals surface area contributed by atoms with Gasteiger partial charge in [0.25, 0.3) is 0 Å². The van der Waals surface area contributed by atoms with Gasteiger partial charge in [0, 0.05) is 110 Å². The van der Waals surface area contributed by atoms with Gasteiger partial charge in [0.1, 0.15) is 11.6 Å². The summed E-state index contributed by atoms with van der Waals surface area (Å²) in [6, 6.07) is 32.6. The summed E-state index contributed by atoms with van der Waals surface area (Å²) < 4.78 is 22.7.